The lowest BCUT2D eigenvalue weighted by Crippen LogP contribution is -1.97. The first-order valence-corrected chi connectivity index (χ1v) is 16.1. The smallest absolute Gasteiger partial charge is 0.160 e. The normalized spacial score (nSPS) is 11.8. The summed E-state index contributed by atoms with van der Waals surface area (Å²) in [4.78, 5) is 15.1. The van der Waals surface area contributed by atoms with Gasteiger partial charge in [0.25, 0.3) is 0 Å². The first-order valence-electron chi connectivity index (χ1n) is 16.1. The highest BCUT2D eigenvalue weighted by Crippen LogP contribution is 2.37. The first-order chi connectivity index (χ1) is 23.8. The average Bonchev–Trinajstić information content (AvgIpc) is 3.67. The van der Waals surface area contributed by atoms with E-state index in [1.165, 1.54) is 21.8 Å². The number of hydrogen-bond donors (Lipinski definition) is 0. The Morgan fingerprint density at radius 1 is 0.396 bits per heavy atom. The van der Waals surface area contributed by atoms with Gasteiger partial charge in [0.15, 0.2) is 5.82 Å². The van der Waals surface area contributed by atoms with Crippen LogP contribution in [0.2, 0.25) is 0 Å². The van der Waals surface area contributed by atoms with Crippen molar-refractivity contribution in [1.29, 1.82) is 0 Å². The van der Waals surface area contributed by atoms with Crippen molar-refractivity contribution in [3.63, 3.8) is 0 Å². The Hall–Kier alpha value is -6.59. The lowest BCUT2D eigenvalue weighted by molar-refractivity contribution is 1.14. The van der Waals surface area contributed by atoms with Gasteiger partial charge in [-0.3, -0.25) is 4.57 Å². The lowest BCUT2D eigenvalue weighted by Gasteiger charge is -2.12. The second-order valence-corrected chi connectivity index (χ2v) is 12.1. The molecule has 0 bridgehead atoms. The standard InChI is InChI=1S/C43H27N5/c1-2-11-30(12-3-1)48-40-25-22-29(27-36(40)34-16-10-26-44-43(34)48)41-35-15-4-7-17-37(35)45-42(46-41)28-20-23-31(24-21-28)47-38-18-8-5-13-32(38)33-14-6-9-19-39(33)47/h1-27H. The van der Waals surface area contributed by atoms with E-state index in [9.17, 15) is 0 Å². The van der Waals surface area contributed by atoms with Crippen LogP contribution in [0.25, 0.3) is 88.7 Å². The minimum absolute atomic E-state index is 0.700. The minimum Gasteiger partial charge on any atom is -0.309 e. The van der Waals surface area contributed by atoms with Crippen molar-refractivity contribution in [2.45, 2.75) is 0 Å². The largest absolute Gasteiger partial charge is 0.309 e. The Kier molecular flexibility index (Phi) is 5.81. The fourth-order valence-corrected chi connectivity index (χ4v) is 7.22. The summed E-state index contributed by atoms with van der Waals surface area (Å²) >= 11 is 0. The molecular weight excluding hydrogens is 587 g/mol. The summed E-state index contributed by atoms with van der Waals surface area (Å²) in [6.45, 7) is 0. The SMILES string of the molecule is c1ccc(-n2c3ccc(-c4nc(-c5ccc(-n6c7ccccc7c7ccccc76)cc5)nc5ccccc45)cc3c3cccnc32)cc1. The van der Waals surface area contributed by atoms with E-state index in [2.05, 4.69) is 149 Å². The Morgan fingerprint density at radius 2 is 1.00 bits per heavy atom. The van der Waals surface area contributed by atoms with Crippen molar-refractivity contribution in [3.05, 3.63) is 164 Å². The Balaban J connectivity index is 1.13. The van der Waals surface area contributed by atoms with Crippen molar-refractivity contribution in [2.24, 2.45) is 0 Å². The fraction of sp³-hybridized carbons (Fsp3) is 0. The van der Waals surface area contributed by atoms with Crippen LogP contribution in [-0.2, 0) is 0 Å². The second kappa shape index (κ2) is 10.5. The molecule has 0 fully saturated rings. The molecule has 224 valence electrons. The van der Waals surface area contributed by atoms with E-state index in [4.69, 9.17) is 15.0 Å². The van der Waals surface area contributed by atoms with Gasteiger partial charge in [-0.25, -0.2) is 15.0 Å². The first kappa shape index (κ1) is 26.6. The predicted molar refractivity (Wildman–Crippen MR) is 197 cm³/mol. The summed E-state index contributed by atoms with van der Waals surface area (Å²) in [7, 11) is 0. The van der Waals surface area contributed by atoms with Crippen LogP contribution >= 0.6 is 0 Å². The van der Waals surface area contributed by atoms with Crippen LogP contribution in [0.15, 0.2) is 164 Å². The van der Waals surface area contributed by atoms with Crippen molar-refractivity contribution < 1.29 is 0 Å². The highest BCUT2D eigenvalue weighted by molar-refractivity contribution is 6.10. The molecule has 6 aromatic carbocycles. The third-order valence-electron chi connectivity index (χ3n) is 9.38. The van der Waals surface area contributed by atoms with Gasteiger partial charge in [-0.15, -0.1) is 0 Å². The number of para-hydroxylation sites is 4. The quantitative estimate of drug-likeness (QED) is 0.198. The molecule has 0 amide bonds. The maximum atomic E-state index is 5.25. The molecule has 0 atom stereocenters. The van der Waals surface area contributed by atoms with Crippen molar-refractivity contribution >= 4 is 54.6 Å². The summed E-state index contributed by atoms with van der Waals surface area (Å²) < 4.78 is 4.56. The van der Waals surface area contributed by atoms with Crippen LogP contribution in [0.3, 0.4) is 0 Å². The molecule has 0 aliphatic carbocycles. The van der Waals surface area contributed by atoms with Gasteiger partial charge < -0.3 is 4.57 Å². The molecule has 0 N–H and O–H groups in total. The topological polar surface area (TPSA) is 48.5 Å². The molecule has 10 rings (SSSR count). The van der Waals surface area contributed by atoms with Crippen LogP contribution in [0.4, 0.5) is 0 Å². The maximum Gasteiger partial charge on any atom is 0.160 e. The summed E-state index contributed by atoms with van der Waals surface area (Å²) in [5, 5.41) is 5.77. The average molecular weight is 614 g/mol. The third-order valence-corrected chi connectivity index (χ3v) is 9.38. The Morgan fingerprint density at radius 3 is 1.77 bits per heavy atom. The third kappa shape index (κ3) is 4.01. The molecule has 0 aliphatic rings. The molecule has 0 unspecified atom stereocenters. The monoisotopic (exact) mass is 613 g/mol. The molecule has 0 radical (unpaired) electrons. The fourth-order valence-electron chi connectivity index (χ4n) is 7.22. The highest BCUT2D eigenvalue weighted by atomic mass is 15.0. The summed E-state index contributed by atoms with van der Waals surface area (Å²) in [5.74, 6) is 0.700. The van der Waals surface area contributed by atoms with E-state index in [-0.39, 0.29) is 0 Å². The van der Waals surface area contributed by atoms with E-state index in [0.717, 1.165) is 61.0 Å². The van der Waals surface area contributed by atoms with Crippen LogP contribution in [0, 0.1) is 0 Å². The molecule has 5 heteroatoms. The highest BCUT2D eigenvalue weighted by Gasteiger charge is 2.17. The molecule has 5 nitrogen and oxygen atoms in total. The van der Waals surface area contributed by atoms with Crippen molar-refractivity contribution in [3.8, 4) is 34.0 Å². The Labute approximate surface area is 276 Å². The zero-order valence-electron chi connectivity index (χ0n) is 25.8. The molecule has 0 spiro atoms. The number of fused-ring (bicyclic) bond motifs is 7. The summed E-state index contributed by atoms with van der Waals surface area (Å²) in [5.41, 5.74) is 10.5. The number of aromatic nitrogens is 5. The van der Waals surface area contributed by atoms with Crippen LogP contribution in [0.1, 0.15) is 0 Å². The van der Waals surface area contributed by atoms with Crippen molar-refractivity contribution in [2.75, 3.05) is 0 Å². The van der Waals surface area contributed by atoms with E-state index < -0.39 is 0 Å². The van der Waals surface area contributed by atoms with Gasteiger partial charge in [-0.2, -0.15) is 0 Å². The maximum absolute atomic E-state index is 5.25. The van der Waals surface area contributed by atoms with Crippen LogP contribution in [-0.4, -0.2) is 24.1 Å². The van der Waals surface area contributed by atoms with E-state index in [1.54, 1.807) is 0 Å². The molecule has 48 heavy (non-hydrogen) atoms. The molecule has 0 aliphatic heterocycles. The molecule has 0 saturated heterocycles. The minimum atomic E-state index is 0.700. The number of pyridine rings is 1. The van der Waals surface area contributed by atoms with Gasteiger partial charge >= 0.3 is 0 Å². The van der Waals surface area contributed by atoms with E-state index in [1.807, 2.05) is 24.4 Å². The van der Waals surface area contributed by atoms with Gasteiger partial charge in [0, 0.05) is 55.6 Å². The number of nitrogens with zero attached hydrogens (tertiary/aromatic N) is 5. The molecule has 4 aromatic heterocycles. The zero-order chi connectivity index (χ0) is 31.6. The summed E-state index contributed by atoms with van der Waals surface area (Å²) in [6, 6.07) is 55.2. The number of hydrogen-bond acceptors (Lipinski definition) is 3. The molecule has 10 aromatic rings. The molecular formula is C43H27N5. The van der Waals surface area contributed by atoms with Gasteiger partial charge in [-0.1, -0.05) is 78.9 Å². The predicted octanol–water partition coefficient (Wildman–Crippen LogP) is 10.6. The summed E-state index contributed by atoms with van der Waals surface area (Å²) in [6.07, 6.45) is 1.86. The van der Waals surface area contributed by atoms with Gasteiger partial charge in [-0.05, 0) is 78.9 Å². The van der Waals surface area contributed by atoms with E-state index >= 15 is 0 Å². The van der Waals surface area contributed by atoms with Crippen molar-refractivity contribution in [1.82, 2.24) is 24.1 Å². The lowest BCUT2D eigenvalue weighted by atomic mass is 10.0. The second-order valence-electron chi connectivity index (χ2n) is 12.1. The molecule has 4 heterocycles. The van der Waals surface area contributed by atoms with Gasteiger partial charge in [0.05, 0.1) is 27.8 Å². The zero-order valence-corrected chi connectivity index (χ0v) is 25.8. The van der Waals surface area contributed by atoms with Crippen LogP contribution < -0.4 is 0 Å². The van der Waals surface area contributed by atoms with E-state index in [0.29, 0.717) is 5.82 Å². The number of benzene rings is 6. The number of rotatable bonds is 4. The Bertz CT molecular complexity index is 2770. The van der Waals surface area contributed by atoms with Gasteiger partial charge in [0.1, 0.15) is 5.65 Å². The van der Waals surface area contributed by atoms with Gasteiger partial charge in [0.2, 0.25) is 0 Å². The molecule has 0 saturated carbocycles. The van der Waals surface area contributed by atoms with Crippen LogP contribution in [0.5, 0.6) is 0 Å².